The largest absolute Gasteiger partial charge is 1.00 e. The van der Waals surface area contributed by atoms with Crippen LogP contribution in [0.25, 0.3) is 5.32 Å². The molecule has 0 radical (unpaired) electrons. The van der Waals surface area contributed by atoms with Crippen molar-refractivity contribution < 1.29 is 43.9 Å². The minimum Gasteiger partial charge on any atom is -0.394 e. The molecule has 1 aliphatic rings. The third-order valence-corrected chi connectivity index (χ3v) is 2.95. The number of carbonyl (C=O) groups excluding carboxylic acids is 3. The van der Waals surface area contributed by atoms with E-state index in [0.717, 1.165) is 0 Å². The molecule has 1 N–H and O–H groups in total. The molecule has 1 fully saturated rings. The van der Waals surface area contributed by atoms with Crippen LogP contribution in [0.3, 0.4) is 0 Å². The number of urea groups is 1. The van der Waals surface area contributed by atoms with E-state index in [-0.39, 0.29) is 41.9 Å². The van der Waals surface area contributed by atoms with Crippen LogP contribution in [-0.4, -0.2) is 17.8 Å². The molecule has 0 aliphatic carbocycles. The number of rotatable bonds is 3. The van der Waals surface area contributed by atoms with E-state index >= 15 is 0 Å². The molecule has 0 bridgehead atoms. The Morgan fingerprint density at radius 1 is 1.47 bits per heavy atom. The molecule has 0 aromatic rings. The molecule has 88 valence electrons. The van der Waals surface area contributed by atoms with Gasteiger partial charge in [0, 0.05) is 0 Å². The summed E-state index contributed by atoms with van der Waals surface area (Å²) >= 11 is 3.13. The van der Waals surface area contributed by atoms with Gasteiger partial charge < -0.3 is 10.6 Å². The summed E-state index contributed by atoms with van der Waals surface area (Å²) in [5.41, 5.74) is -1.32. The minimum atomic E-state index is -1.32. The number of nitrogens with zero attached hydrogens (tertiary/aromatic N) is 1. The fourth-order valence-electron chi connectivity index (χ4n) is 1.70. The summed E-state index contributed by atoms with van der Waals surface area (Å²) in [6.45, 7) is 7.09. The van der Waals surface area contributed by atoms with E-state index in [1.165, 1.54) is 0 Å². The number of hydrogen-bond acceptors (Lipinski definition) is 3. The molecule has 1 aliphatic heterocycles. The Labute approximate surface area is 130 Å². The second-order valence-electron chi connectivity index (χ2n) is 4.00. The predicted octanol–water partition coefficient (Wildman–Crippen LogP) is -0.918. The van der Waals surface area contributed by atoms with Crippen molar-refractivity contribution in [3.63, 3.8) is 0 Å². The third-order valence-electron chi connectivity index (χ3n) is 2.67. The van der Waals surface area contributed by atoms with Crippen LogP contribution in [-0.2, 0) is 9.59 Å². The second-order valence-corrected chi connectivity index (χ2v) is 5.12. The van der Waals surface area contributed by atoms with Crippen LogP contribution in [0.4, 0.5) is 4.79 Å². The van der Waals surface area contributed by atoms with E-state index in [9.17, 15) is 14.4 Å². The van der Waals surface area contributed by atoms with Crippen LogP contribution in [0.5, 0.6) is 0 Å². The smallest absolute Gasteiger partial charge is 0.394 e. The molecule has 0 saturated carbocycles. The zero-order valence-corrected chi connectivity index (χ0v) is 13.6. The van der Waals surface area contributed by atoms with Gasteiger partial charge in [0.15, 0.2) is 17.8 Å². The normalized spacial score (nSPS) is 23.9. The van der Waals surface area contributed by atoms with Gasteiger partial charge in [0.25, 0.3) is 0 Å². The van der Waals surface area contributed by atoms with Crippen molar-refractivity contribution in [3.05, 3.63) is 16.4 Å². The summed E-state index contributed by atoms with van der Waals surface area (Å²) in [7, 11) is 0. The first-order valence-corrected chi connectivity index (χ1v) is 5.55. The van der Waals surface area contributed by atoms with E-state index in [4.69, 9.17) is 0 Å². The minimum absolute atomic E-state index is 0. The molecule has 5 nitrogen and oxygen atoms in total. The monoisotopic (exact) mass is 310 g/mol. The second kappa shape index (κ2) is 6.13. The molecule has 0 spiro atoms. The summed E-state index contributed by atoms with van der Waals surface area (Å²) in [6, 6.07) is -0.897. The summed E-state index contributed by atoms with van der Waals surface area (Å²) in [5, 5.41) is 5.35. The van der Waals surface area contributed by atoms with Crippen LogP contribution >= 0.6 is 15.9 Å². The maximum absolute atomic E-state index is 11.8. The Morgan fingerprint density at radius 3 is 2.35 bits per heavy atom. The van der Waals surface area contributed by atoms with E-state index in [0.29, 0.717) is 4.48 Å². The average Bonchev–Trinajstić information content (AvgIpc) is 2.10. The standard InChI is InChI=1S/C10H13BrN2O3.Na/c1-5(2)10(4-6(3)11)7(14)12-9(16)13-8(10)15;/h5H,3-4H2,1-2H3,(H2,12,13,14,15,16);/q;+1/p-1. The Hall–Kier alpha value is -0.170. The van der Waals surface area contributed by atoms with Gasteiger partial charge in [-0.05, 0) is 16.8 Å². The summed E-state index contributed by atoms with van der Waals surface area (Å²) in [6.07, 6.45) is 0.131. The van der Waals surface area contributed by atoms with Crippen molar-refractivity contribution in [1.82, 2.24) is 5.32 Å². The summed E-state index contributed by atoms with van der Waals surface area (Å²) in [5.74, 6) is -1.57. The predicted molar refractivity (Wildman–Crippen MR) is 61.9 cm³/mol. The number of amides is 4. The number of halogens is 1. The zero-order valence-electron chi connectivity index (χ0n) is 10.0. The average molecular weight is 311 g/mol. The quantitative estimate of drug-likeness (QED) is 0.541. The number of nitrogens with one attached hydrogen (secondary N) is 1. The van der Waals surface area contributed by atoms with Crippen molar-refractivity contribution in [3.8, 4) is 0 Å². The van der Waals surface area contributed by atoms with Gasteiger partial charge in [-0.3, -0.25) is 14.4 Å². The molecule has 1 unspecified atom stereocenters. The van der Waals surface area contributed by atoms with Gasteiger partial charge in [0.2, 0.25) is 0 Å². The van der Waals surface area contributed by atoms with Gasteiger partial charge >= 0.3 is 29.6 Å². The molecule has 0 aromatic carbocycles. The number of barbiturate groups is 1. The van der Waals surface area contributed by atoms with Gasteiger partial charge in [-0.2, -0.15) is 0 Å². The van der Waals surface area contributed by atoms with Crippen molar-refractivity contribution in [2.45, 2.75) is 20.3 Å². The van der Waals surface area contributed by atoms with Gasteiger partial charge in [-0.15, -0.1) is 0 Å². The van der Waals surface area contributed by atoms with Crippen molar-refractivity contribution >= 4 is 33.8 Å². The summed E-state index contributed by atoms with van der Waals surface area (Å²) in [4.78, 5) is 34.6. The molecular weight excluding hydrogens is 299 g/mol. The maximum atomic E-state index is 11.8. The molecule has 0 aromatic heterocycles. The SMILES string of the molecule is C=C(Br)CC1(C(C)C)C(=O)[N-]C(=O)NC1=O.[Na+]. The summed E-state index contributed by atoms with van der Waals surface area (Å²) < 4.78 is 0.522. The van der Waals surface area contributed by atoms with Crippen LogP contribution in [0.2, 0.25) is 0 Å². The Morgan fingerprint density at radius 2 is 2.00 bits per heavy atom. The number of hydrogen-bond donors (Lipinski definition) is 1. The number of allylic oxidation sites excluding steroid dienone is 1. The first-order valence-electron chi connectivity index (χ1n) is 4.75. The van der Waals surface area contributed by atoms with E-state index in [2.05, 4.69) is 33.1 Å². The van der Waals surface area contributed by atoms with Crippen molar-refractivity contribution in [2.24, 2.45) is 11.3 Å². The van der Waals surface area contributed by atoms with Gasteiger partial charge in [0.1, 0.15) is 0 Å². The maximum Gasteiger partial charge on any atom is 1.00 e. The van der Waals surface area contributed by atoms with Crippen LogP contribution in [0.1, 0.15) is 20.3 Å². The molecule has 1 rings (SSSR count). The van der Waals surface area contributed by atoms with E-state index in [1.54, 1.807) is 13.8 Å². The molecule has 1 heterocycles. The van der Waals surface area contributed by atoms with Crippen LogP contribution in [0.15, 0.2) is 11.1 Å². The molecular formula is C10H12BrN2NaO3. The van der Waals surface area contributed by atoms with Crippen LogP contribution in [0, 0.1) is 11.3 Å². The molecule has 4 amide bonds. The van der Waals surface area contributed by atoms with Crippen LogP contribution < -0.4 is 34.9 Å². The molecule has 1 saturated heterocycles. The van der Waals surface area contributed by atoms with Gasteiger partial charge in [-0.25, -0.2) is 0 Å². The molecule has 17 heavy (non-hydrogen) atoms. The van der Waals surface area contributed by atoms with Crippen molar-refractivity contribution in [2.75, 3.05) is 0 Å². The van der Waals surface area contributed by atoms with E-state index in [1.807, 2.05) is 0 Å². The first kappa shape index (κ1) is 16.8. The Balaban J connectivity index is 0.00000256. The van der Waals surface area contributed by atoms with Gasteiger partial charge in [0.05, 0.1) is 5.41 Å². The first-order chi connectivity index (χ1) is 7.30. The topological polar surface area (TPSA) is 77.3 Å². The third kappa shape index (κ3) is 3.19. The Kier molecular flexibility index (Phi) is 6.07. The number of carbonyl (C=O) groups is 3. The van der Waals surface area contributed by atoms with Gasteiger partial charge in [-0.1, -0.05) is 36.4 Å². The Bertz CT molecular complexity index is 362. The fourth-order valence-corrected chi connectivity index (χ4v) is 2.14. The fraction of sp³-hybridized carbons (Fsp3) is 0.500. The molecule has 7 heteroatoms. The number of imide groups is 2. The molecule has 1 atom stereocenters. The van der Waals surface area contributed by atoms with Crippen molar-refractivity contribution in [1.29, 1.82) is 0 Å². The van der Waals surface area contributed by atoms with E-state index < -0.39 is 23.3 Å². The zero-order chi connectivity index (χ0) is 12.5.